The van der Waals surface area contributed by atoms with Gasteiger partial charge in [-0.1, -0.05) is 0 Å². The van der Waals surface area contributed by atoms with E-state index in [0.717, 1.165) is 5.45 Å². The Labute approximate surface area is 53.8 Å². The van der Waals surface area contributed by atoms with Crippen molar-refractivity contribution in [3.8, 4) is 0 Å². The third kappa shape index (κ3) is 0.311. The van der Waals surface area contributed by atoms with Gasteiger partial charge in [0.15, 0.2) is 11.1 Å². The lowest BCUT2D eigenvalue weighted by Crippen LogP contribution is -2.26. The Morgan fingerprint density at radius 1 is 1.78 bits per heavy atom. The molecule has 1 spiro atoms. The van der Waals surface area contributed by atoms with E-state index in [1.54, 1.807) is 6.20 Å². The van der Waals surface area contributed by atoms with E-state index in [1.807, 2.05) is 6.08 Å². The van der Waals surface area contributed by atoms with E-state index in [2.05, 4.69) is 4.99 Å². The average Bonchev–Trinajstić information content (AvgIpc) is 2.51. The Balaban J connectivity index is 2.23. The van der Waals surface area contributed by atoms with E-state index < -0.39 is 5.72 Å². The van der Waals surface area contributed by atoms with E-state index in [0.29, 0.717) is 8.58 Å². The van der Waals surface area contributed by atoms with Crippen LogP contribution in [0.4, 0.5) is 0 Å². The molecule has 0 bridgehead atoms. The zero-order chi connectivity index (χ0) is 6.11. The molecule has 46 valence electrons. The highest BCUT2D eigenvalue weighted by atomic mass is 31.1. The number of hydrogen-bond donors (Lipinski definition) is 1. The molecule has 9 heavy (non-hydrogen) atoms. The number of rotatable bonds is 0. The van der Waals surface area contributed by atoms with Crippen molar-refractivity contribution in [1.29, 1.82) is 0 Å². The van der Waals surface area contributed by atoms with E-state index in [1.165, 1.54) is 0 Å². The van der Waals surface area contributed by atoms with Gasteiger partial charge in [-0.05, 0) is 14.7 Å². The molecule has 3 aliphatic rings. The zero-order valence-electron chi connectivity index (χ0n) is 4.59. The van der Waals surface area contributed by atoms with Gasteiger partial charge in [-0.25, -0.2) is 0 Å². The van der Waals surface area contributed by atoms with Gasteiger partial charge in [0.2, 0.25) is 0 Å². The summed E-state index contributed by atoms with van der Waals surface area (Å²) in [5, 5.41) is -0.0816. The van der Waals surface area contributed by atoms with Crippen LogP contribution >= 0.6 is 8.58 Å². The summed E-state index contributed by atoms with van der Waals surface area (Å²) in [5.41, 5.74) is 6.45. The van der Waals surface area contributed by atoms with Crippen LogP contribution in [0.15, 0.2) is 17.3 Å². The Hall–Kier alpha value is -0.240. The predicted octanol–water partition coefficient (Wildman–Crippen LogP) is -0.0142. The van der Waals surface area contributed by atoms with E-state index >= 15 is 0 Å². The first kappa shape index (κ1) is 4.56. The largest absolute Gasteiger partial charge is 0.331 e. The molecule has 0 aromatic carbocycles. The highest BCUT2D eigenvalue weighted by molar-refractivity contribution is 7.75. The minimum atomic E-state index is -0.442. The second kappa shape index (κ2) is 0.908. The Morgan fingerprint density at radius 3 is 3.33 bits per heavy atom. The van der Waals surface area contributed by atoms with E-state index in [-0.39, 0.29) is 5.34 Å². The molecule has 3 atom stereocenters. The quantitative estimate of drug-likeness (QED) is 0.380. The first-order chi connectivity index (χ1) is 4.27. The standard InChI is InChI=1S/C5H5N2OP/c6-4-1-2-7-3-5(4,8-4)9-3/h1-2,9H,6H2. The zero-order valence-corrected chi connectivity index (χ0v) is 5.59. The summed E-state index contributed by atoms with van der Waals surface area (Å²) in [6, 6.07) is 0. The monoisotopic (exact) mass is 140 g/mol. The van der Waals surface area contributed by atoms with Crippen LogP contribution < -0.4 is 5.73 Å². The fourth-order valence-electron chi connectivity index (χ4n) is 1.22. The summed E-state index contributed by atoms with van der Waals surface area (Å²) in [6.07, 6.45) is 3.57. The fraction of sp³-hybridized carbons (Fsp3) is 0.400. The van der Waals surface area contributed by atoms with Gasteiger partial charge >= 0.3 is 0 Å². The van der Waals surface area contributed by atoms with Crippen LogP contribution in [0, 0.1) is 0 Å². The van der Waals surface area contributed by atoms with Crippen molar-refractivity contribution < 1.29 is 4.74 Å². The third-order valence-electron chi connectivity index (χ3n) is 1.92. The van der Waals surface area contributed by atoms with Gasteiger partial charge < -0.3 is 4.74 Å². The van der Waals surface area contributed by atoms with Crippen LogP contribution in [-0.4, -0.2) is 16.5 Å². The third-order valence-corrected chi connectivity index (χ3v) is 3.47. The molecule has 0 aromatic rings. The summed E-state index contributed by atoms with van der Waals surface area (Å²) in [6.45, 7) is 0. The maximum Gasteiger partial charge on any atom is 0.179 e. The topological polar surface area (TPSA) is 50.9 Å². The molecule has 0 aliphatic carbocycles. The van der Waals surface area contributed by atoms with Gasteiger partial charge in [0, 0.05) is 6.20 Å². The van der Waals surface area contributed by atoms with Crippen LogP contribution in [0.5, 0.6) is 0 Å². The highest BCUT2D eigenvalue weighted by Crippen LogP contribution is 2.74. The lowest BCUT2D eigenvalue weighted by molar-refractivity contribution is 0.347. The van der Waals surface area contributed by atoms with Gasteiger partial charge in [-0.15, -0.1) is 0 Å². The van der Waals surface area contributed by atoms with Gasteiger partial charge in [0.25, 0.3) is 0 Å². The van der Waals surface area contributed by atoms with Gasteiger partial charge in [0.1, 0.15) is 0 Å². The van der Waals surface area contributed by atoms with Gasteiger partial charge in [0.05, 0.1) is 5.45 Å². The summed E-state index contributed by atoms with van der Waals surface area (Å²) in [4.78, 5) is 4.11. The number of ether oxygens (including phenoxy) is 1. The second-order valence-electron chi connectivity index (χ2n) is 2.49. The van der Waals surface area contributed by atoms with E-state index in [4.69, 9.17) is 10.5 Å². The molecule has 0 amide bonds. The average molecular weight is 140 g/mol. The Kier molecular flexibility index (Phi) is 0.460. The molecule has 3 nitrogen and oxygen atoms in total. The molecule has 0 radical (unpaired) electrons. The Bertz CT molecular complexity index is 260. The highest BCUT2D eigenvalue weighted by Gasteiger charge is 2.81. The SMILES string of the molecule is NC12C=CN=C3PC31O2. The molecule has 0 saturated carbocycles. The lowest BCUT2D eigenvalue weighted by atomic mass is 10.2. The van der Waals surface area contributed by atoms with E-state index in [9.17, 15) is 0 Å². The van der Waals surface area contributed by atoms with Gasteiger partial charge in [-0.3, -0.25) is 10.7 Å². The minimum Gasteiger partial charge on any atom is -0.331 e. The van der Waals surface area contributed by atoms with Crippen LogP contribution in [0.3, 0.4) is 0 Å². The maximum absolute atomic E-state index is 5.74. The number of nitrogens with zero attached hydrogens (tertiary/aromatic N) is 1. The summed E-state index contributed by atoms with van der Waals surface area (Å²) < 4.78 is 5.30. The van der Waals surface area contributed by atoms with Crippen LogP contribution in [0.25, 0.3) is 0 Å². The Morgan fingerprint density at radius 2 is 2.67 bits per heavy atom. The van der Waals surface area contributed by atoms with Crippen molar-refractivity contribution in [3.05, 3.63) is 12.3 Å². The second-order valence-corrected chi connectivity index (χ2v) is 3.92. The summed E-state index contributed by atoms with van der Waals surface area (Å²) in [5.74, 6) is 0. The molecule has 2 saturated heterocycles. The van der Waals surface area contributed by atoms with Crippen molar-refractivity contribution in [2.24, 2.45) is 10.7 Å². The van der Waals surface area contributed by atoms with Crippen molar-refractivity contribution in [2.45, 2.75) is 11.1 Å². The molecule has 3 rings (SSSR count). The molecule has 3 unspecified atom stereocenters. The van der Waals surface area contributed by atoms with Crippen molar-refractivity contribution in [2.75, 3.05) is 0 Å². The van der Waals surface area contributed by atoms with Crippen molar-refractivity contribution in [3.63, 3.8) is 0 Å². The number of epoxide rings is 1. The lowest BCUT2D eigenvalue weighted by Gasteiger charge is -1.95. The molecule has 3 heterocycles. The first-order valence-electron chi connectivity index (χ1n) is 2.80. The normalized spacial score (nSPS) is 60.3. The van der Waals surface area contributed by atoms with Crippen LogP contribution in [0.2, 0.25) is 0 Å². The molecule has 3 aliphatic heterocycles. The summed E-state index contributed by atoms with van der Waals surface area (Å²) in [7, 11) is 0.716. The maximum atomic E-state index is 5.74. The number of hydrogen-bond acceptors (Lipinski definition) is 3. The minimum absolute atomic E-state index is 0.0816. The number of nitrogens with two attached hydrogens (primary N) is 1. The molecule has 2 N–H and O–H groups in total. The predicted molar refractivity (Wildman–Crippen MR) is 35.6 cm³/mol. The fourth-order valence-corrected chi connectivity index (χ4v) is 2.44. The molecular weight excluding hydrogens is 135 g/mol. The summed E-state index contributed by atoms with van der Waals surface area (Å²) >= 11 is 0. The molecule has 4 heteroatoms. The van der Waals surface area contributed by atoms with Crippen molar-refractivity contribution in [1.82, 2.24) is 0 Å². The number of aliphatic imine (C=N–C) groups is 1. The van der Waals surface area contributed by atoms with Crippen LogP contribution in [-0.2, 0) is 4.74 Å². The van der Waals surface area contributed by atoms with Gasteiger partial charge in [-0.2, -0.15) is 0 Å². The first-order valence-corrected chi connectivity index (χ1v) is 3.80. The smallest absolute Gasteiger partial charge is 0.179 e. The molecule has 0 aromatic heterocycles. The molecular formula is C5H5N2OP. The molecule has 2 fully saturated rings. The van der Waals surface area contributed by atoms with Crippen molar-refractivity contribution >= 4 is 14.0 Å². The van der Waals surface area contributed by atoms with Crippen LogP contribution in [0.1, 0.15) is 0 Å².